The first-order valence-electron chi connectivity index (χ1n) is 6.72. The Bertz CT molecular complexity index is 603. The second-order valence-electron chi connectivity index (χ2n) is 6.00. The number of aryl methyl sites for hydroxylation is 1. The van der Waals surface area contributed by atoms with Crippen LogP contribution in [-0.2, 0) is 14.3 Å². The Morgan fingerprint density at radius 2 is 1.91 bits per heavy atom. The topological polar surface area (TPSA) is 98.9 Å². The molecule has 1 N–H and O–H groups in total. The Hall–Kier alpha value is -2.15. The molecule has 7 nitrogen and oxygen atoms in total. The smallest absolute Gasteiger partial charge is 0.339 e. The number of nitrogens with zero attached hydrogens (tertiary/aromatic N) is 1. The van der Waals surface area contributed by atoms with E-state index in [0.29, 0.717) is 11.1 Å². The summed E-state index contributed by atoms with van der Waals surface area (Å²) in [4.78, 5) is 22.5. The molecule has 1 atom stereocenters. The van der Waals surface area contributed by atoms with Gasteiger partial charge < -0.3 is 14.6 Å². The molecule has 0 aliphatic carbocycles. The maximum absolute atomic E-state index is 12.0. The fourth-order valence-corrected chi connectivity index (χ4v) is 2.11. The van der Waals surface area contributed by atoms with Gasteiger partial charge in [0, 0.05) is 11.1 Å². The first kappa shape index (κ1) is 17.9. The average Bonchev–Trinajstić information content (AvgIpc) is 2.38. The van der Waals surface area contributed by atoms with Gasteiger partial charge in [-0.25, -0.2) is 4.79 Å². The molecule has 122 valence electrons. The van der Waals surface area contributed by atoms with Crippen LogP contribution in [0.4, 0.5) is 5.69 Å². The summed E-state index contributed by atoms with van der Waals surface area (Å²) >= 11 is 0. The highest BCUT2D eigenvalue weighted by Crippen LogP contribution is 2.39. The van der Waals surface area contributed by atoms with Crippen LogP contribution in [0.3, 0.4) is 0 Å². The van der Waals surface area contributed by atoms with E-state index in [9.17, 15) is 20.0 Å². The van der Waals surface area contributed by atoms with Gasteiger partial charge in [-0.3, -0.25) is 10.1 Å². The van der Waals surface area contributed by atoms with Crippen LogP contribution in [0.15, 0.2) is 6.07 Å². The standard InChI is InChI=1S/C15H21NO6/c1-8-7-10(9(2)11(12(8)17)16(19)20)13(14(18)21-6)22-15(3,4)5/h7,13,17H,1-6H3. The molecule has 1 aromatic carbocycles. The van der Waals surface area contributed by atoms with E-state index in [-0.39, 0.29) is 5.56 Å². The zero-order valence-corrected chi connectivity index (χ0v) is 13.6. The van der Waals surface area contributed by atoms with Gasteiger partial charge in [-0.2, -0.15) is 0 Å². The lowest BCUT2D eigenvalue weighted by molar-refractivity contribution is -0.386. The number of rotatable bonds is 4. The lowest BCUT2D eigenvalue weighted by atomic mass is 9.97. The molecule has 1 rings (SSSR count). The molecule has 0 fully saturated rings. The van der Waals surface area contributed by atoms with Crippen molar-refractivity contribution >= 4 is 11.7 Å². The van der Waals surface area contributed by atoms with Crippen molar-refractivity contribution in [2.75, 3.05) is 7.11 Å². The number of carbonyl (C=O) groups is 1. The average molecular weight is 311 g/mol. The number of phenolic OH excluding ortho intramolecular Hbond substituents is 1. The lowest BCUT2D eigenvalue weighted by Crippen LogP contribution is -2.28. The third-order valence-electron chi connectivity index (χ3n) is 3.11. The first-order chi connectivity index (χ1) is 9.99. The van der Waals surface area contributed by atoms with E-state index in [0.717, 1.165) is 0 Å². The Morgan fingerprint density at radius 1 is 1.36 bits per heavy atom. The molecule has 1 aromatic rings. The van der Waals surface area contributed by atoms with Crippen LogP contribution < -0.4 is 0 Å². The number of hydrogen-bond acceptors (Lipinski definition) is 6. The molecule has 0 aliphatic heterocycles. The molecule has 0 aromatic heterocycles. The van der Waals surface area contributed by atoms with Crippen LogP contribution in [-0.4, -0.2) is 28.7 Å². The zero-order chi connectivity index (χ0) is 17.2. The third kappa shape index (κ3) is 3.73. The van der Waals surface area contributed by atoms with Gasteiger partial charge in [0.05, 0.1) is 17.6 Å². The fraction of sp³-hybridized carbons (Fsp3) is 0.533. The molecule has 0 saturated carbocycles. The van der Waals surface area contributed by atoms with E-state index in [1.54, 1.807) is 20.8 Å². The number of phenols is 1. The second-order valence-corrected chi connectivity index (χ2v) is 6.00. The summed E-state index contributed by atoms with van der Waals surface area (Å²) in [6, 6.07) is 1.50. The Morgan fingerprint density at radius 3 is 2.32 bits per heavy atom. The van der Waals surface area contributed by atoms with Crippen LogP contribution >= 0.6 is 0 Å². The van der Waals surface area contributed by atoms with E-state index in [1.807, 2.05) is 0 Å². The fourth-order valence-electron chi connectivity index (χ4n) is 2.11. The summed E-state index contributed by atoms with van der Waals surface area (Å²) in [6.07, 6.45) is -1.11. The summed E-state index contributed by atoms with van der Waals surface area (Å²) in [5, 5.41) is 21.1. The predicted octanol–water partition coefficient (Wildman–Crippen LogP) is 2.95. The number of ether oxygens (including phenoxy) is 2. The molecule has 0 radical (unpaired) electrons. The van der Waals surface area contributed by atoms with Crippen molar-refractivity contribution in [3.8, 4) is 5.75 Å². The molecule has 0 spiro atoms. The molecule has 22 heavy (non-hydrogen) atoms. The maximum atomic E-state index is 12.0. The number of methoxy groups -OCH3 is 1. The van der Waals surface area contributed by atoms with Crippen molar-refractivity contribution in [3.05, 3.63) is 32.9 Å². The highest BCUT2D eigenvalue weighted by Gasteiger charge is 2.33. The van der Waals surface area contributed by atoms with Gasteiger partial charge in [0.25, 0.3) is 0 Å². The van der Waals surface area contributed by atoms with Gasteiger partial charge in [-0.05, 0) is 46.2 Å². The highest BCUT2D eigenvalue weighted by atomic mass is 16.6. The van der Waals surface area contributed by atoms with Crippen LogP contribution in [0.1, 0.15) is 43.6 Å². The minimum Gasteiger partial charge on any atom is -0.502 e. The van der Waals surface area contributed by atoms with Crippen molar-refractivity contribution in [2.24, 2.45) is 0 Å². The van der Waals surface area contributed by atoms with Gasteiger partial charge in [-0.1, -0.05) is 0 Å². The number of nitro groups is 1. The van der Waals surface area contributed by atoms with Crippen molar-refractivity contribution in [1.82, 2.24) is 0 Å². The van der Waals surface area contributed by atoms with Crippen LogP contribution in [0.5, 0.6) is 5.75 Å². The first-order valence-corrected chi connectivity index (χ1v) is 6.72. The van der Waals surface area contributed by atoms with Crippen molar-refractivity contribution in [2.45, 2.75) is 46.3 Å². The third-order valence-corrected chi connectivity index (χ3v) is 3.11. The molecule has 0 heterocycles. The molecular weight excluding hydrogens is 290 g/mol. The Labute approximate surface area is 129 Å². The van der Waals surface area contributed by atoms with E-state index < -0.39 is 34.0 Å². The van der Waals surface area contributed by atoms with Crippen LogP contribution in [0.25, 0.3) is 0 Å². The number of esters is 1. The van der Waals surface area contributed by atoms with Crippen LogP contribution in [0, 0.1) is 24.0 Å². The molecule has 7 heteroatoms. The SMILES string of the molecule is COC(=O)C(OC(C)(C)C)c1cc(C)c(O)c([N+](=O)[O-])c1C. The largest absolute Gasteiger partial charge is 0.502 e. The van der Waals surface area contributed by atoms with Gasteiger partial charge in [-0.15, -0.1) is 0 Å². The normalized spacial score (nSPS) is 12.8. The summed E-state index contributed by atoms with van der Waals surface area (Å²) < 4.78 is 10.5. The van der Waals surface area contributed by atoms with Crippen molar-refractivity contribution < 1.29 is 24.3 Å². The lowest BCUT2D eigenvalue weighted by Gasteiger charge is -2.27. The molecule has 0 amide bonds. The highest BCUT2D eigenvalue weighted by molar-refractivity contribution is 5.78. The minimum absolute atomic E-state index is 0.174. The van der Waals surface area contributed by atoms with Crippen LogP contribution in [0.2, 0.25) is 0 Å². The number of aromatic hydroxyl groups is 1. The van der Waals surface area contributed by atoms with E-state index in [2.05, 4.69) is 0 Å². The van der Waals surface area contributed by atoms with Gasteiger partial charge >= 0.3 is 11.7 Å². The van der Waals surface area contributed by atoms with E-state index in [4.69, 9.17) is 9.47 Å². The Kier molecular flexibility index (Phi) is 5.13. The van der Waals surface area contributed by atoms with Crippen molar-refractivity contribution in [1.29, 1.82) is 0 Å². The Balaban J connectivity index is 3.55. The minimum atomic E-state index is -1.11. The van der Waals surface area contributed by atoms with E-state index >= 15 is 0 Å². The summed E-state index contributed by atoms with van der Waals surface area (Å²) in [5.74, 6) is -1.07. The maximum Gasteiger partial charge on any atom is 0.339 e. The molecule has 0 saturated heterocycles. The quantitative estimate of drug-likeness (QED) is 0.521. The molecule has 0 aliphatic rings. The van der Waals surface area contributed by atoms with Gasteiger partial charge in [0.1, 0.15) is 0 Å². The molecular formula is C15H21NO6. The number of hydrogen-bond donors (Lipinski definition) is 1. The number of benzene rings is 1. The monoisotopic (exact) mass is 311 g/mol. The molecule has 1 unspecified atom stereocenters. The number of nitro benzene ring substituents is 1. The van der Waals surface area contributed by atoms with Crippen molar-refractivity contribution in [3.63, 3.8) is 0 Å². The predicted molar refractivity (Wildman–Crippen MR) is 79.8 cm³/mol. The summed E-state index contributed by atoms with van der Waals surface area (Å²) in [6.45, 7) is 8.28. The second kappa shape index (κ2) is 6.31. The zero-order valence-electron chi connectivity index (χ0n) is 13.6. The molecule has 0 bridgehead atoms. The van der Waals surface area contributed by atoms with Gasteiger partial charge in [0.2, 0.25) is 0 Å². The number of carbonyl (C=O) groups excluding carboxylic acids is 1. The summed E-state index contributed by atoms with van der Waals surface area (Å²) in [7, 11) is 1.22. The summed E-state index contributed by atoms with van der Waals surface area (Å²) in [5.41, 5.74) is -0.317. The van der Waals surface area contributed by atoms with Gasteiger partial charge in [0.15, 0.2) is 11.9 Å². The van der Waals surface area contributed by atoms with E-state index in [1.165, 1.54) is 27.0 Å².